The van der Waals surface area contributed by atoms with E-state index in [1.165, 1.54) is 37.7 Å². The van der Waals surface area contributed by atoms with Gasteiger partial charge in [0.25, 0.3) is 5.91 Å². The third-order valence-corrected chi connectivity index (χ3v) is 7.85. The maximum atomic E-state index is 12.8. The molecule has 1 N–H and O–H groups in total. The molecule has 4 heteroatoms. The Bertz CT molecular complexity index is 856. The standard InChI is InChI=1S/C26H33NO3/c1-3-16(2)19-4-6-22(7-5-19)29-15-23-8-9-24(30-23)26(28)27-25-20-11-17-10-18(13-20)14-21(25)12-17/h4-9,16-18,20-21,25H,3,10-15H2,1-2H3,(H,27,28). The van der Waals surface area contributed by atoms with Crippen molar-refractivity contribution in [3.8, 4) is 5.75 Å². The van der Waals surface area contributed by atoms with E-state index in [0.717, 1.165) is 24.0 Å². The van der Waals surface area contributed by atoms with Crippen LogP contribution in [0.3, 0.4) is 0 Å². The second-order valence-corrected chi connectivity index (χ2v) is 9.86. The second-order valence-electron chi connectivity index (χ2n) is 9.86. The first-order valence-corrected chi connectivity index (χ1v) is 11.7. The molecule has 1 heterocycles. The molecule has 6 rings (SSSR count). The van der Waals surface area contributed by atoms with Gasteiger partial charge in [-0.15, -0.1) is 0 Å². The van der Waals surface area contributed by atoms with E-state index in [1.807, 2.05) is 18.2 Å². The fourth-order valence-corrected chi connectivity index (χ4v) is 6.24. The summed E-state index contributed by atoms with van der Waals surface area (Å²) in [6.45, 7) is 4.76. The minimum Gasteiger partial charge on any atom is -0.486 e. The summed E-state index contributed by atoms with van der Waals surface area (Å²) in [6, 6.07) is 12.2. The molecule has 4 fully saturated rings. The number of rotatable bonds is 7. The number of amides is 1. The van der Waals surface area contributed by atoms with E-state index in [0.29, 0.717) is 41.9 Å². The lowest BCUT2D eigenvalue weighted by atomic mass is 9.54. The Balaban J connectivity index is 1.16. The fraction of sp³-hybridized carbons (Fsp3) is 0.577. The van der Waals surface area contributed by atoms with Gasteiger partial charge in [-0.25, -0.2) is 0 Å². The van der Waals surface area contributed by atoms with Crippen LogP contribution in [0.5, 0.6) is 5.75 Å². The summed E-state index contributed by atoms with van der Waals surface area (Å²) in [5.74, 6) is 5.53. The highest BCUT2D eigenvalue weighted by Gasteiger charge is 2.48. The van der Waals surface area contributed by atoms with Crippen LogP contribution in [0, 0.1) is 23.7 Å². The Kier molecular flexibility index (Phi) is 5.34. The minimum absolute atomic E-state index is 0.0726. The lowest BCUT2D eigenvalue weighted by Crippen LogP contribution is -2.55. The summed E-state index contributed by atoms with van der Waals surface area (Å²) in [5, 5.41) is 3.31. The summed E-state index contributed by atoms with van der Waals surface area (Å²) in [6.07, 6.45) is 7.74. The van der Waals surface area contributed by atoms with Gasteiger partial charge in [0.1, 0.15) is 18.1 Å². The number of ether oxygens (including phenoxy) is 1. The van der Waals surface area contributed by atoms with Crippen molar-refractivity contribution in [1.29, 1.82) is 0 Å². The van der Waals surface area contributed by atoms with Gasteiger partial charge in [-0.3, -0.25) is 4.79 Å². The van der Waals surface area contributed by atoms with Crippen molar-refractivity contribution in [2.45, 2.75) is 70.9 Å². The predicted molar refractivity (Wildman–Crippen MR) is 116 cm³/mol. The summed E-state index contributed by atoms with van der Waals surface area (Å²) in [7, 11) is 0. The molecule has 1 atom stereocenters. The zero-order valence-electron chi connectivity index (χ0n) is 18.1. The Labute approximate surface area is 179 Å². The van der Waals surface area contributed by atoms with Crippen LogP contribution in [0.1, 0.15) is 80.2 Å². The van der Waals surface area contributed by atoms with E-state index in [4.69, 9.17) is 9.15 Å². The van der Waals surface area contributed by atoms with E-state index in [9.17, 15) is 4.79 Å². The van der Waals surface area contributed by atoms with Gasteiger partial charge < -0.3 is 14.5 Å². The molecule has 1 amide bonds. The highest BCUT2D eigenvalue weighted by molar-refractivity contribution is 5.91. The van der Waals surface area contributed by atoms with Crippen LogP contribution in [-0.4, -0.2) is 11.9 Å². The van der Waals surface area contributed by atoms with Gasteiger partial charge in [-0.05, 0) is 97.9 Å². The molecule has 4 nitrogen and oxygen atoms in total. The number of hydrogen-bond donors (Lipinski definition) is 1. The van der Waals surface area contributed by atoms with Gasteiger partial charge in [0.2, 0.25) is 0 Å². The number of carbonyl (C=O) groups is 1. The molecule has 4 aliphatic carbocycles. The van der Waals surface area contributed by atoms with E-state index < -0.39 is 0 Å². The topological polar surface area (TPSA) is 51.5 Å². The van der Waals surface area contributed by atoms with Crippen LogP contribution in [0.25, 0.3) is 0 Å². The first-order valence-electron chi connectivity index (χ1n) is 11.7. The second kappa shape index (κ2) is 8.13. The van der Waals surface area contributed by atoms with E-state index in [-0.39, 0.29) is 5.91 Å². The van der Waals surface area contributed by atoms with E-state index >= 15 is 0 Å². The van der Waals surface area contributed by atoms with Gasteiger partial charge in [-0.2, -0.15) is 0 Å². The third-order valence-electron chi connectivity index (χ3n) is 7.85. The lowest BCUT2D eigenvalue weighted by Gasteiger charge is -2.54. The number of carbonyl (C=O) groups excluding carboxylic acids is 1. The van der Waals surface area contributed by atoms with Crippen molar-refractivity contribution in [1.82, 2.24) is 5.32 Å². The molecular formula is C26H33NO3. The van der Waals surface area contributed by atoms with Gasteiger partial charge >= 0.3 is 0 Å². The van der Waals surface area contributed by atoms with Crippen LogP contribution < -0.4 is 10.1 Å². The molecule has 160 valence electrons. The molecule has 0 saturated heterocycles. The molecule has 1 aromatic carbocycles. The molecule has 4 aliphatic rings. The summed E-state index contributed by atoms with van der Waals surface area (Å²) in [4.78, 5) is 12.8. The van der Waals surface area contributed by atoms with Crippen molar-refractivity contribution < 1.29 is 13.9 Å². The third kappa shape index (κ3) is 3.89. The first-order chi connectivity index (χ1) is 14.6. The average molecular weight is 408 g/mol. The largest absolute Gasteiger partial charge is 0.486 e. The number of furan rings is 1. The van der Waals surface area contributed by atoms with E-state index in [1.54, 1.807) is 6.07 Å². The Morgan fingerprint density at radius 2 is 1.70 bits per heavy atom. The Hall–Kier alpha value is -2.23. The van der Waals surface area contributed by atoms with Gasteiger partial charge in [-0.1, -0.05) is 26.0 Å². The number of nitrogens with one attached hydrogen (secondary N) is 1. The summed E-state index contributed by atoms with van der Waals surface area (Å²) < 4.78 is 11.7. The molecule has 4 bridgehead atoms. The lowest BCUT2D eigenvalue weighted by molar-refractivity contribution is -0.0123. The summed E-state index contributed by atoms with van der Waals surface area (Å²) >= 11 is 0. The fourth-order valence-electron chi connectivity index (χ4n) is 6.24. The maximum Gasteiger partial charge on any atom is 0.287 e. The quantitative estimate of drug-likeness (QED) is 0.619. The molecule has 1 unspecified atom stereocenters. The van der Waals surface area contributed by atoms with Crippen molar-refractivity contribution in [3.05, 3.63) is 53.5 Å². The van der Waals surface area contributed by atoms with Crippen molar-refractivity contribution in [2.75, 3.05) is 0 Å². The highest BCUT2D eigenvalue weighted by atomic mass is 16.5. The number of benzene rings is 1. The monoisotopic (exact) mass is 407 g/mol. The highest BCUT2D eigenvalue weighted by Crippen LogP contribution is 2.53. The van der Waals surface area contributed by atoms with Crippen molar-refractivity contribution in [3.63, 3.8) is 0 Å². The molecule has 2 aromatic rings. The molecule has 0 spiro atoms. The van der Waals surface area contributed by atoms with Crippen LogP contribution in [-0.2, 0) is 6.61 Å². The normalized spacial score (nSPS) is 30.3. The van der Waals surface area contributed by atoms with Gasteiger partial charge in [0.15, 0.2) is 5.76 Å². The molecule has 30 heavy (non-hydrogen) atoms. The first kappa shape index (κ1) is 19.7. The van der Waals surface area contributed by atoms with Crippen molar-refractivity contribution in [2.24, 2.45) is 23.7 Å². The Morgan fingerprint density at radius 1 is 1.03 bits per heavy atom. The van der Waals surface area contributed by atoms with Gasteiger partial charge in [0.05, 0.1) is 0 Å². The maximum absolute atomic E-state index is 12.8. The zero-order chi connectivity index (χ0) is 20.7. The minimum atomic E-state index is -0.0726. The molecule has 0 aliphatic heterocycles. The van der Waals surface area contributed by atoms with Crippen LogP contribution in [0.15, 0.2) is 40.8 Å². The van der Waals surface area contributed by atoms with Gasteiger partial charge in [0, 0.05) is 6.04 Å². The van der Waals surface area contributed by atoms with Crippen LogP contribution >= 0.6 is 0 Å². The van der Waals surface area contributed by atoms with Crippen LogP contribution in [0.2, 0.25) is 0 Å². The number of hydrogen-bond acceptors (Lipinski definition) is 3. The zero-order valence-corrected chi connectivity index (χ0v) is 18.1. The average Bonchev–Trinajstić information content (AvgIpc) is 3.23. The molecule has 0 radical (unpaired) electrons. The van der Waals surface area contributed by atoms with E-state index in [2.05, 4.69) is 31.3 Å². The predicted octanol–water partition coefficient (Wildman–Crippen LogP) is 5.93. The van der Waals surface area contributed by atoms with Crippen LogP contribution in [0.4, 0.5) is 0 Å². The molecular weight excluding hydrogens is 374 g/mol. The molecule has 4 saturated carbocycles. The Morgan fingerprint density at radius 3 is 2.33 bits per heavy atom. The SMILES string of the molecule is CCC(C)c1ccc(OCc2ccc(C(=O)NC3C4CC5CC(C4)CC3C5)o2)cc1. The molecule has 1 aromatic heterocycles. The summed E-state index contributed by atoms with van der Waals surface area (Å²) in [5.41, 5.74) is 1.33. The smallest absolute Gasteiger partial charge is 0.287 e. The van der Waals surface area contributed by atoms with Crippen molar-refractivity contribution >= 4 is 5.91 Å².